The molecule has 2 nitrogen and oxygen atoms in total. The van der Waals surface area contributed by atoms with E-state index in [1.807, 2.05) is 0 Å². The average molecular weight is 288 g/mol. The van der Waals surface area contributed by atoms with Gasteiger partial charge < -0.3 is 10.0 Å². The van der Waals surface area contributed by atoms with Crippen LogP contribution in [0.4, 0.5) is 0 Å². The average Bonchev–Trinajstić information content (AvgIpc) is 2.44. The van der Waals surface area contributed by atoms with E-state index in [1.54, 1.807) is 0 Å². The zero-order chi connectivity index (χ0) is 13.8. The Morgan fingerprint density at radius 3 is 2.32 bits per heavy atom. The zero-order valence-corrected chi connectivity index (χ0v) is 13.4. The molecule has 0 amide bonds. The summed E-state index contributed by atoms with van der Waals surface area (Å²) in [6.45, 7) is 2.86. The maximum atomic E-state index is 9.12. The summed E-state index contributed by atoms with van der Waals surface area (Å²) in [5.74, 6) is 1.04. The van der Waals surface area contributed by atoms with Gasteiger partial charge in [0.25, 0.3) is 0 Å². The van der Waals surface area contributed by atoms with Crippen LogP contribution in [0.3, 0.4) is 0 Å². The van der Waals surface area contributed by atoms with Crippen LogP contribution in [0.15, 0.2) is 0 Å². The number of piperidine rings is 1. The van der Waals surface area contributed by atoms with E-state index in [2.05, 4.69) is 17.5 Å². The Morgan fingerprint density at radius 1 is 0.947 bits per heavy atom. The molecule has 1 fully saturated rings. The fourth-order valence-corrected chi connectivity index (χ4v) is 3.36. The van der Waals surface area contributed by atoms with E-state index in [-0.39, 0.29) is 0 Å². The second kappa shape index (κ2) is 12.0. The van der Waals surface area contributed by atoms with E-state index in [0.717, 1.165) is 12.2 Å². The number of nitrogens with zero attached hydrogens (tertiary/aromatic N) is 1. The van der Waals surface area contributed by atoms with Crippen molar-refractivity contribution in [3.8, 4) is 0 Å². The van der Waals surface area contributed by atoms with Crippen LogP contribution in [-0.2, 0) is 0 Å². The smallest absolute Gasteiger partial charge is 0.0445 e. The molecule has 0 radical (unpaired) electrons. The largest absolute Gasteiger partial charge is 0.396 e. The number of hydrogen-bond acceptors (Lipinski definition) is 3. The highest BCUT2D eigenvalue weighted by atomic mass is 32.1. The second-order valence-electron chi connectivity index (χ2n) is 5.90. The first-order chi connectivity index (χ1) is 9.38. The molecule has 114 valence electrons. The van der Waals surface area contributed by atoms with Crippen molar-refractivity contribution in [3.05, 3.63) is 0 Å². The third-order valence-corrected chi connectivity index (χ3v) is 4.63. The molecule has 0 saturated carbocycles. The molecule has 0 bridgehead atoms. The quantitative estimate of drug-likeness (QED) is 0.445. The van der Waals surface area contributed by atoms with Gasteiger partial charge in [-0.1, -0.05) is 38.5 Å². The molecule has 1 aliphatic rings. The monoisotopic (exact) mass is 287 g/mol. The van der Waals surface area contributed by atoms with Crippen LogP contribution in [0.25, 0.3) is 0 Å². The summed E-state index contributed by atoms with van der Waals surface area (Å²) < 4.78 is 0. The van der Waals surface area contributed by atoms with Crippen LogP contribution < -0.4 is 0 Å². The number of likely N-dealkylation sites (tertiary alicyclic amines) is 1. The van der Waals surface area contributed by atoms with E-state index < -0.39 is 0 Å². The minimum absolute atomic E-state index is 0.353. The number of thiol groups is 1. The maximum Gasteiger partial charge on any atom is 0.0445 e. The number of hydrogen-bond donors (Lipinski definition) is 2. The van der Waals surface area contributed by atoms with Crippen molar-refractivity contribution in [2.24, 2.45) is 0 Å². The van der Waals surface area contributed by atoms with Crippen LogP contribution in [0, 0.1) is 0 Å². The molecule has 1 heterocycles. The lowest BCUT2D eigenvalue weighted by atomic mass is 9.99. The van der Waals surface area contributed by atoms with Crippen LogP contribution in [-0.4, -0.2) is 41.5 Å². The molecule has 0 aromatic carbocycles. The van der Waals surface area contributed by atoms with Crippen molar-refractivity contribution < 1.29 is 5.11 Å². The predicted octanol–water partition coefficient (Wildman–Crippen LogP) is 3.88. The molecule has 1 atom stereocenters. The SMILES string of the molecule is OCCC1CCCCN1CCCCCCCCCS. The zero-order valence-electron chi connectivity index (χ0n) is 12.5. The first kappa shape index (κ1) is 17.3. The summed E-state index contributed by atoms with van der Waals surface area (Å²) in [7, 11) is 0. The summed E-state index contributed by atoms with van der Waals surface area (Å²) in [5, 5.41) is 9.12. The van der Waals surface area contributed by atoms with Crippen molar-refractivity contribution in [2.75, 3.05) is 25.4 Å². The Hall–Kier alpha value is 0.270. The van der Waals surface area contributed by atoms with Gasteiger partial charge in [-0.05, 0) is 50.9 Å². The number of rotatable bonds is 11. The van der Waals surface area contributed by atoms with Gasteiger partial charge in [-0.2, -0.15) is 12.6 Å². The number of aliphatic hydroxyl groups excluding tert-OH is 1. The fraction of sp³-hybridized carbons (Fsp3) is 1.00. The summed E-state index contributed by atoms with van der Waals surface area (Å²) in [4.78, 5) is 2.63. The summed E-state index contributed by atoms with van der Waals surface area (Å²) in [5.41, 5.74) is 0. The third-order valence-electron chi connectivity index (χ3n) is 4.31. The molecule has 3 heteroatoms. The summed E-state index contributed by atoms with van der Waals surface area (Å²) >= 11 is 4.24. The Morgan fingerprint density at radius 2 is 1.63 bits per heavy atom. The maximum absolute atomic E-state index is 9.12. The van der Waals surface area contributed by atoms with Crippen LogP contribution in [0.2, 0.25) is 0 Å². The van der Waals surface area contributed by atoms with Crippen molar-refractivity contribution >= 4 is 12.6 Å². The second-order valence-corrected chi connectivity index (χ2v) is 6.34. The molecule has 19 heavy (non-hydrogen) atoms. The van der Waals surface area contributed by atoms with Gasteiger partial charge >= 0.3 is 0 Å². The Labute approximate surface area is 125 Å². The van der Waals surface area contributed by atoms with Crippen LogP contribution in [0.1, 0.15) is 70.6 Å². The Bertz CT molecular complexity index is 199. The molecular formula is C16H33NOS. The highest BCUT2D eigenvalue weighted by Gasteiger charge is 2.20. The molecule has 0 aromatic heterocycles. The lowest BCUT2D eigenvalue weighted by molar-refractivity contribution is 0.117. The van der Waals surface area contributed by atoms with E-state index >= 15 is 0 Å². The molecule has 0 aliphatic carbocycles. The third kappa shape index (κ3) is 8.21. The van der Waals surface area contributed by atoms with Gasteiger partial charge in [-0.25, -0.2) is 0 Å². The first-order valence-corrected chi connectivity index (χ1v) is 8.97. The predicted molar refractivity (Wildman–Crippen MR) is 87.1 cm³/mol. The van der Waals surface area contributed by atoms with Gasteiger partial charge in [0.15, 0.2) is 0 Å². The van der Waals surface area contributed by atoms with E-state index in [4.69, 9.17) is 5.11 Å². The topological polar surface area (TPSA) is 23.5 Å². The number of unbranched alkanes of at least 4 members (excludes halogenated alkanes) is 6. The lowest BCUT2D eigenvalue weighted by Crippen LogP contribution is -2.40. The molecule has 1 N–H and O–H groups in total. The molecule has 0 aromatic rings. The van der Waals surface area contributed by atoms with Crippen molar-refractivity contribution in [3.63, 3.8) is 0 Å². The van der Waals surface area contributed by atoms with Gasteiger partial charge in [0.1, 0.15) is 0 Å². The van der Waals surface area contributed by atoms with Gasteiger partial charge in [0.05, 0.1) is 0 Å². The van der Waals surface area contributed by atoms with Crippen LogP contribution >= 0.6 is 12.6 Å². The lowest BCUT2D eigenvalue weighted by Gasteiger charge is -2.35. The van der Waals surface area contributed by atoms with Crippen molar-refractivity contribution in [1.29, 1.82) is 0 Å². The summed E-state index contributed by atoms with van der Waals surface area (Å²) in [6.07, 6.45) is 14.5. The molecule has 1 aliphatic heterocycles. The first-order valence-electron chi connectivity index (χ1n) is 8.34. The minimum Gasteiger partial charge on any atom is -0.396 e. The van der Waals surface area contributed by atoms with E-state index in [9.17, 15) is 0 Å². The highest BCUT2D eigenvalue weighted by molar-refractivity contribution is 7.80. The summed E-state index contributed by atoms with van der Waals surface area (Å²) in [6, 6.07) is 0.661. The molecular weight excluding hydrogens is 254 g/mol. The molecule has 1 unspecified atom stereocenters. The Kier molecular flexibility index (Phi) is 11.0. The number of aliphatic hydroxyl groups is 1. The van der Waals surface area contributed by atoms with Crippen molar-refractivity contribution in [2.45, 2.75) is 76.7 Å². The molecule has 0 spiro atoms. The van der Waals surface area contributed by atoms with Gasteiger partial charge in [-0.15, -0.1) is 0 Å². The fourth-order valence-electron chi connectivity index (χ4n) is 3.14. The minimum atomic E-state index is 0.353. The van der Waals surface area contributed by atoms with Crippen molar-refractivity contribution in [1.82, 2.24) is 4.90 Å². The van der Waals surface area contributed by atoms with E-state index in [1.165, 1.54) is 77.3 Å². The van der Waals surface area contributed by atoms with E-state index in [0.29, 0.717) is 12.6 Å². The highest BCUT2D eigenvalue weighted by Crippen LogP contribution is 2.20. The van der Waals surface area contributed by atoms with Crippen LogP contribution in [0.5, 0.6) is 0 Å². The normalized spacial score (nSPS) is 20.8. The Balaban J connectivity index is 1.97. The molecule has 1 saturated heterocycles. The standard InChI is InChI=1S/C16H33NOS/c18-14-11-16-10-6-8-13-17(16)12-7-4-2-1-3-5-9-15-19/h16,18-19H,1-15H2. The van der Waals surface area contributed by atoms with Gasteiger partial charge in [0, 0.05) is 12.6 Å². The van der Waals surface area contributed by atoms with Gasteiger partial charge in [-0.3, -0.25) is 0 Å². The van der Waals surface area contributed by atoms with Gasteiger partial charge in [0.2, 0.25) is 0 Å². The molecule has 1 rings (SSSR count).